The summed E-state index contributed by atoms with van der Waals surface area (Å²) in [7, 11) is 0. The lowest BCUT2D eigenvalue weighted by molar-refractivity contribution is 0.0948. The van der Waals surface area contributed by atoms with Gasteiger partial charge in [0.05, 0.1) is 16.8 Å². The van der Waals surface area contributed by atoms with Gasteiger partial charge in [0.15, 0.2) is 11.5 Å². The van der Waals surface area contributed by atoms with E-state index in [2.05, 4.69) is 20.5 Å². The fourth-order valence-corrected chi connectivity index (χ4v) is 5.14. The summed E-state index contributed by atoms with van der Waals surface area (Å²) in [6.45, 7) is 8.09. The van der Waals surface area contributed by atoms with Gasteiger partial charge in [-0.05, 0) is 62.3 Å². The molecule has 2 aliphatic rings. The first kappa shape index (κ1) is 26.4. The number of para-hydroxylation sites is 2. The van der Waals surface area contributed by atoms with Crippen molar-refractivity contribution in [3.05, 3.63) is 88.5 Å². The zero-order valence-electron chi connectivity index (χ0n) is 22.6. The molecule has 1 fully saturated rings. The van der Waals surface area contributed by atoms with Gasteiger partial charge in [-0.3, -0.25) is 14.6 Å². The van der Waals surface area contributed by atoms with E-state index in [1.807, 2.05) is 66.9 Å². The highest BCUT2D eigenvalue weighted by molar-refractivity contribution is 6.01. The smallest absolute Gasteiger partial charge is 0.256 e. The zero-order chi connectivity index (χ0) is 27.2. The Morgan fingerprint density at radius 1 is 1.00 bits per heavy atom. The molecule has 0 spiro atoms. The monoisotopic (exact) mass is 525 g/mol. The number of anilines is 1. The van der Waals surface area contributed by atoms with Crippen LogP contribution >= 0.6 is 0 Å². The molecule has 6 rings (SSSR count). The van der Waals surface area contributed by atoms with Crippen molar-refractivity contribution in [1.29, 1.82) is 0 Å². The van der Waals surface area contributed by atoms with Crippen LogP contribution in [0.3, 0.4) is 0 Å². The molecule has 0 bridgehead atoms. The first-order valence-corrected chi connectivity index (χ1v) is 13.8. The van der Waals surface area contributed by atoms with Crippen molar-refractivity contribution >= 4 is 22.5 Å². The molecule has 2 aromatic heterocycles. The van der Waals surface area contributed by atoms with E-state index in [4.69, 9.17) is 4.74 Å². The lowest BCUT2D eigenvalue weighted by Crippen LogP contribution is -2.36. The van der Waals surface area contributed by atoms with Crippen molar-refractivity contribution in [3.8, 4) is 17.2 Å². The third-order valence-electron chi connectivity index (χ3n) is 7.04. The first-order chi connectivity index (χ1) is 19.2. The van der Waals surface area contributed by atoms with Crippen molar-refractivity contribution in [2.45, 2.75) is 33.1 Å². The lowest BCUT2D eigenvalue weighted by Gasteiger charge is -2.26. The van der Waals surface area contributed by atoms with Crippen LogP contribution in [0.15, 0.2) is 71.8 Å². The lowest BCUT2D eigenvalue weighted by atomic mass is 10.1. The second kappa shape index (κ2) is 12.1. The molecule has 2 aliphatic heterocycles. The highest BCUT2D eigenvalue weighted by atomic mass is 16.5. The molecule has 0 atom stereocenters. The minimum absolute atomic E-state index is 0.132. The summed E-state index contributed by atoms with van der Waals surface area (Å²) in [4.78, 5) is 33.3. The normalized spacial score (nSPS) is 13.7. The molecule has 2 N–H and O–H groups in total. The fraction of sp³-hybridized carbons (Fsp3) is 0.323. The van der Waals surface area contributed by atoms with Crippen molar-refractivity contribution in [1.82, 2.24) is 19.8 Å². The minimum Gasteiger partial charge on any atom is -0.451 e. The SMILES string of the molecule is CC.O=C(NCCN1CCCC1)c1cn2c3c(c(NCCc4ccccn4)ccc3c1=O)Oc1ccccc1-2. The summed E-state index contributed by atoms with van der Waals surface area (Å²) in [6, 6.07) is 17.1. The van der Waals surface area contributed by atoms with Gasteiger partial charge >= 0.3 is 0 Å². The highest BCUT2D eigenvalue weighted by Gasteiger charge is 2.26. The molecule has 1 amide bonds. The molecule has 1 saturated heterocycles. The van der Waals surface area contributed by atoms with Gasteiger partial charge in [-0.1, -0.05) is 32.0 Å². The maximum Gasteiger partial charge on any atom is 0.256 e. The van der Waals surface area contributed by atoms with Gasteiger partial charge in [-0.15, -0.1) is 0 Å². The van der Waals surface area contributed by atoms with E-state index < -0.39 is 0 Å². The summed E-state index contributed by atoms with van der Waals surface area (Å²) in [5, 5.41) is 6.85. The third kappa shape index (κ3) is 5.52. The molecule has 4 aromatic rings. The Hall–Kier alpha value is -4.17. The van der Waals surface area contributed by atoms with E-state index in [1.54, 1.807) is 18.5 Å². The molecule has 4 heterocycles. The van der Waals surface area contributed by atoms with Gasteiger partial charge in [0.2, 0.25) is 5.43 Å². The maximum absolute atomic E-state index is 13.5. The average molecular weight is 526 g/mol. The van der Waals surface area contributed by atoms with Crippen LogP contribution in [0.1, 0.15) is 42.7 Å². The molecular weight excluding hydrogens is 490 g/mol. The number of rotatable bonds is 8. The van der Waals surface area contributed by atoms with Gasteiger partial charge < -0.3 is 24.8 Å². The predicted octanol–water partition coefficient (Wildman–Crippen LogP) is 5.00. The molecule has 202 valence electrons. The maximum atomic E-state index is 13.5. The van der Waals surface area contributed by atoms with Crippen molar-refractivity contribution in [2.24, 2.45) is 0 Å². The van der Waals surface area contributed by atoms with E-state index in [0.29, 0.717) is 35.5 Å². The molecule has 0 radical (unpaired) electrons. The number of fused-ring (bicyclic) bond motifs is 2. The Morgan fingerprint density at radius 2 is 1.79 bits per heavy atom. The molecule has 0 unspecified atom stereocenters. The Balaban J connectivity index is 0.00000151. The van der Waals surface area contributed by atoms with Gasteiger partial charge in [0.1, 0.15) is 11.1 Å². The number of hydrogen-bond acceptors (Lipinski definition) is 6. The summed E-state index contributed by atoms with van der Waals surface area (Å²) in [5.41, 5.74) is 3.06. The highest BCUT2D eigenvalue weighted by Crippen LogP contribution is 2.43. The predicted molar refractivity (Wildman–Crippen MR) is 155 cm³/mol. The molecule has 0 saturated carbocycles. The Labute approximate surface area is 228 Å². The molecule has 0 aliphatic carbocycles. The Morgan fingerprint density at radius 3 is 2.59 bits per heavy atom. The van der Waals surface area contributed by atoms with Crippen molar-refractivity contribution in [2.75, 3.05) is 38.0 Å². The van der Waals surface area contributed by atoms with Gasteiger partial charge in [-0.25, -0.2) is 0 Å². The summed E-state index contributed by atoms with van der Waals surface area (Å²) < 4.78 is 8.22. The number of carbonyl (C=O) groups excluding carboxylic acids is 1. The summed E-state index contributed by atoms with van der Waals surface area (Å²) in [5.74, 6) is 0.896. The number of benzene rings is 2. The van der Waals surface area contributed by atoms with Crippen LogP contribution < -0.4 is 20.8 Å². The summed E-state index contributed by atoms with van der Waals surface area (Å²) >= 11 is 0. The zero-order valence-corrected chi connectivity index (χ0v) is 22.6. The topological polar surface area (TPSA) is 88.5 Å². The Bertz CT molecular complexity index is 1510. The number of hydrogen-bond donors (Lipinski definition) is 2. The number of likely N-dealkylation sites (tertiary alicyclic amines) is 1. The van der Waals surface area contributed by atoms with Gasteiger partial charge in [0.25, 0.3) is 5.91 Å². The minimum atomic E-state index is -0.349. The number of nitrogens with zero attached hydrogens (tertiary/aromatic N) is 3. The first-order valence-electron chi connectivity index (χ1n) is 13.8. The molecule has 39 heavy (non-hydrogen) atoms. The van der Waals surface area contributed by atoms with E-state index in [9.17, 15) is 9.59 Å². The molecule has 8 heteroatoms. The van der Waals surface area contributed by atoms with E-state index in [1.165, 1.54) is 12.8 Å². The van der Waals surface area contributed by atoms with Crippen LogP contribution in [-0.2, 0) is 6.42 Å². The number of nitrogens with one attached hydrogen (secondary N) is 2. The number of ether oxygens (including phenoxy) is 1. The second-order valence-corrected chi connectivity index (χ2v) is 9.45. The van der Waals surface area contributed by atoms with Crippen LogP contribution in [-0.4, -0.2) is 53.1 Å². The average Bonchev–Trinajstić information content (AvgIpc) is 3.50. The van der Waals surface area contributed by atoms with Crippen LogP contribution in [0.25, 0.3) is 16.6 Å². The molecular formula is C31H35N5O3. The van der Waals surface area contributed by atoms with Crippen molar-refractivity contribution < 1.29 is 9.53 Å². The molecule has 2 aromatic carbocycles. The van der Waals surface area contributed by atoms with E-state index >= 15 is 0 Å². The van der Waals surface area contributed by atoms with Crippen molar-refractivity contribution in [3.63, 3.8) is 0 Å². The second-order valence-electron chi connectivity index (χ2n) is 9.45. The van der Waals surface area contributed by atoms with Crippen LogP contribution in [0.2, 0.25) is 0 Å². The largest absolute Gasteiger partial charge is 0.451 e. The quantitative estimate of drug-likeness (QED) is 0.297. The number of amides is 1. The fourth-order valence-electron chi connectivity index (χ4n) is 5.14. The van der Waals surface area contributed by atoms with E-state index in [0.717, 1.165) is 43.1 Å². The van der Waals surface area contributed by atoms with Gasteiger partial charge in [0, 0.05) is 44.1 Å². The standard InChI is InChI=1S/C29H29N5O3.C2H6/c35-27-21-10-11-23(31-14-12-20-7-3-4-13-30-20)28-26(21)34(24-8-1-2-9-25(24)37-28)19-22(27)29(36)32-15-18-33-16-5-6-17-33;1-2/h1-4,7-11,13,19,31H,5-6,12,14-18H2,(H,32,36);1-2H3. The summed E-state index contributed by atoms with van der Waals surface area (Å²) in [6.07, 6.45) is 6.59. The number of pyridine rings is 2. The number of aromatic nitrogens is 2. The Kier molecular flexibility index (Phi) is 8.22. The molecule has 8 nitrogen and oxygen atoms in total. The van der Waals surface area contributed by atoms with E-state index in [-0.39, 0.29) is 16.9 Å². The van der Waals surface area contributed by atoms with Crippen LogP contribution in [0, 0.1) is 0 Å². The van der Waals surface area contributed by atoms with Crippen LogP contribution in [0.4, 0.5) is 5.69 Å². The van der Waals surface area contributed by atoms with Gasteiger partial charge in [-0.2, -0.15) is 0 Å². The van der Waals surface area contributed by atoms with Crippen LogP contribution in [0.5, 0.6) is 11.5 Å². The number of carbonyl (C=O) groups is 1. The third-order valence-corrected chi connectivity index (χ3v) is 7.04.